The summed E-state index contributed by atoms with van der Waals surface area (Å²) in [5.74, 6) is -0.995. The highest BCUT2D eigenvalue weighted by molar-refractivity contribution is 6.03. The topological polar surface area (TPSA) is 116 Å². The van der Waals surface area contributed by atoms with E-state index in [1.165, 1.54) is 6.08 Å². The molecule has 36 heavy (non-hydrogen) atoms. The van der Waals surface area contributed by atoms with E-state index >= 15 is 4.39 Å². The zero-order valence-corrected chi connectivity index (χ0v) is 19.7. The van der Waals surface area contributed by atoms with Gasteiger partial charge in [0.1, 0.15) is 12.4 Å². The quantitative estimate of drug-likeness (QED) is 0.527. The highest BCUT2D eigenvalue weighted by Crippen LogP contribution is 2.32. The van der Waals surface area contributed by atoms with Crippen molar-refractivity contribution >= 4 is 40.7 Å². The van der Waals surface area contributed by atoms with Crippen LogP contribution in [0.25, 0.3) is 0 Å². The normalized spacial score (nSPS) is 19.5. The third kappa shape index (κ3) is 4.61. The molecule has 1 aromatic carbocycles. The predicted molar refractivity (Wildman–Crippen MR) is 132 cm³/mol. The van der Waals surface area contributed by atoms with Crippen LogP contribution in [0.5, 0.6) is 0 Å². The zero-order valence-electron chi connectivity index (χ0n) is 19.7. The highest BCUT2D eigenvalue weighted by Gasteiger charge is 2.31. The second-order valence-corrected chi connectivity index (χ2v) is 8.90. The van der Waals surface area contributed by atoms with Crippen molar-refractivity contribution in [3.63, 3.8) is 0 Å². The van der Waals surface area contributed by atoms with E-state index in [0.717, 1.165) is 18.5 Å². The van der Waals surface area contributed by atoms with Gasteiger partial charge >= 0.3 is 0 Å². The van der Waals surface area contributed by atoms with E-state index in [2.05, 4.69) is 27.5 Å². The van der Waals surface area contributed by atoms with Gasteiger partial charge in [-0.15, -0.1) is 0 Å². The lowest BCUT2D eigenvalue weighted by molar-refractivity contribution is -0.127. The Labute approximate surface area is 207 Å². The third-order valence-corrected chi connectivity index (χ3v) is 6.56. The summed E-state index contributed by atoms with van der Waals surface area (Å²) in [5, 5.41) is 8.93. The molecule has 2 aromatic rings. The lowest BCUT2D eigenvalue weighted by atomic mass is 10.0. The van der Waals surface area contributed by atoms with Gasteiger partial charge in [0.05, 0.1) is 12.2 Å². The van der Waals surface area contributed by atoms with Gasteiger partial charge in [-0.2, -0.15) is 0 Å². The predicted octanol–water partition coefficient (Wildman–Crippen LogP) is 2.16. The maximum Gasteiger partial charge on any atom is 0.255 e. The molecule has 2 fully saturated rings. The number of carbonyl (C=O) groups is 3. The number of morpholine rings is 1. The number of carbonyl (C=O) groups excluding carboxylic acids is 3. The van der Waals surface area contributed by atoms with Crippen molar-refractivity contribution < 1.29 is 23.5 Å². The number of nitrogens with zero attached hydrogens (tertiary/aromatic N) is 3. The van der Waals surface area contributed by atoms with Gasteiger partial charge < -0.3 is 30.5 Å². The Morgan fingerprint density at radius 3 is 2.78 bits per heavy atom. The van der Waals surface area contributed by atoms with Gasteiger partial charge in [-0.3, -0.25) is 14.4 Å². The van der Waals surface area contributed by atoms with Gasteiger partial charge in [-0.25, -0.2) is 9.37 Å². The summed E-state index contributed by atoms with van der Waals surface area (Å²) in [4.78, 5) is 44.4. The smallest absolute Gasteiger partial charge is 0.255 e. The van der Waals surface area contributed by atoms with E-state index < -0.39 is 11.7 Å². The number of aromatic nitrogens is 1. The van der Waals surface area contributed by atoms with E-state index in [1.54, 1.807) is 34.1 Å². The Hall–Kier alpha value is -3.99. The number of anilines is 4. The average molecular weight is 495 g/mol. The summed E-state index contributed by atoms with van der Waals surface area (Å²) in [5.41, 5.74) is 1.77. The molecule has 1 aromatic heterocycles. The first-order valence-electron chi connectivity index (χ1n) is 11.9. The van der Waals surface area contributed by atoms with Crippen LogP contribution in [-0.2, 0) is 20.9 Å². The molecule has 4 heterocycles. The lowest BCUT2D eigenvalue weighted by Gasteiger charge is -2.33. The van der Waals surface area contributed by atoms with Gasteiger partial charge in [-0.1, -0.05) is 6.58 Å². The maximum atomic E-state index is 15.3. The molecule has 0 aliphatic carbocycles. The first-order chi connectivity index (χ1) is 17.4. The number of amides is 3. The second-order valence-electron chi connectivity index (χ2n) is 8.90. The molecule has 11 heteroatoms. The fourth-order valence-corrected chi connectivity index (χ4v) is 4.74. The van der Waals surface area contributed by atoms with E-state index in [0.29, 0.717) is 31.9 Å². The molecule has 0 bridgehead atoms. The molecular weight excluding hydrogens is 467 g/mol. The Morgan fingerprint density at radius 2 is 2.03 bits per heavy atom. The SMILES string of the molecule is C=CC(=O)N1CCCC(Nc2nc(Nc3ccc(N4CCOCC4=O)cc3)c3c(c2F)CNC3=O)C1. The number of hydrogen-bond acceptors (Lipinski definition) is 7. The minimum atomic E-state index is -0.581. The van der Waals surface area contributed by atoms with E-state index in [9.17, 15) is 14.4 Å². The van der Waals surface area contributed by atoms with Crippen molar-refractivity contribution in [1.29, 1.82) is 0 Å². The van der Waals surface area contributed by atoms with Crippen LogP contribution in [0.1, 0.15) is 28.8 Å². The van der Waals surface area contributed by atoms with Crippen LogP contribution in [0.3, 0.4) is 0 Å². The second kappa shape index (κ2) is 9.94. The number of halogens is 1. The third-order valence-electron chi connectivity index (χ3n) is 6.56. The van der Waals surface area contributed by atoms with E-state index in [1.807, 2.05) is 0 Å². The van der Waals surface area contributed by atoms with Crippen LogP contribution in [0.2, 0.25) is 0 Å². The zero-order chi connectivity index (χ0) is 25.2. The molecule has 1 unspecified atom stereocenters. The summed E-state index contributed by atoms with van der Waals surface area (Å²) < 4.78 is 20.5. The van der Waals surface area contributed by atoms with Crippen LogP contribution in [0.4, 0.5) is 27.4 Å². The highest BCUT2D eigenvalue weighted by atomic mass is 19.1. The van der Waals surface area contributed by atoms with Gasteiger partial charge in [0.25, 0.3) is 11.8 Å². The van der Waals surface area contributed by atoms with Crippen molar-refractivity contribution in [2.24, 2.45) is 0 Å². The molecule has 3 aliphatic heterocycles. The number of pyridine rings is 1. The minimum Gasteiger partial charge on any atom is -0.370 e. The van der Waals surface area contributed by atoms with Crippen LogP contribution in [-0.4, -0.2) is 66.5 Å². The molecule has 5 rings (SSSR count). The molecule has 3 aliphatic rings. The molecule has 3 N–H and O–H groups in total. The maximum absolute atomic E-state index is 15.3. The fraction of sp³-hybridized carbons (Fsp3) is 0.360. The van der Waals surface area contributed by atoms with Crippen molar-refractivity contribution in [2.75, 3.05) is 48.4 Å². The monoisotopic (exact) mass is 494 g/mol. The Balaban J connectivity index is 1.39. The van der Waals surface area contributed by atoms with Crippen LogP contribution in [0, 0.1) is 5.82 Å². The molecule has 1 atom stereocenters. The number of ether oxygens (including phenoxy) is 1. The molecule has 0 radical (unpaired) electrons. The molecule has 3 amide bonds. The standard InChI is InChI=1S/C25H27FN6O4/c1-2-19(33)31-9-3-4-16(13-31)29-24-22(26)18-12-27-25(35)21(18)23(30-24)28-15-5-7-17(8-6-15)32-10-11-36-14-20(32)34/h2,5-8,16H,1,3-4,9-14H2,(H,27,35)(H2,28,29,30). The molecule has 188 valence electrons. The molecule has 2 saturated heterocycles. The number of nitrogens with one attached hydrogen (secondary N) is 3. The van der Waals surface area contributed by atoms with Crippen molar-refractivity contribution in [3.8, 4) is 0 Å². The average Bonchev–Trinajstić information content (AvgIpc) is 3.29. The van der Waals surface area contributed by atoms with Crippen molar-refractivity contribution in [1.82, 2.24) is 15.2 Å². The van der Waals surface area contributed by atoms with Crippen LogP contribution in [0.15, 0.2) is 36.9 Å². The van der Waals surface area contributed by atoms with Crippen LogP contribution < -0.4 is 20.9 Å². The molecule has 0 spiro atoms. The Morgan fingerprint density at radius 1 is 1.22 bits per heavy atom. The van der Waals surface area contributed by atoms with Gasteiger partial charge in [0.2, 0.25) is 5.91 Å². The molecular formula is C25H27FN6O4. The Kier molecular flexibility index (Phi) is 6.55. The van der Waals surface area contributed by atoms with Crippen molar-refractivity contribution in [2.45, 2.75) is 25.4 Å². The Bertz CT molecular complexity index is 1220. The number of rotatable bonds is 6. The van der Waals surface area contributed by atoms with E-state index in [-0.39, 0.29) is 53.8 Å². The first kappa shape index (κ1) is 23.7. The fourth-order valence-electron chi connectivity index (χ4n) is 4.74. The molecule has 10 nitrogen and oxygen atoms in total. The lowest BCUT2D eigenvalue weighted by Crippen LogP contribution is -2.44. The number of benzene rings is 1. The van der Waals surface area contributed by atoms with Gasteiger partial charge in [0.15, 0.2) is 11.6 Å². The number of hydrogen-bond donors (Lipinski definition) is 3. The van der Waals surface area contributed by atoms with E-state index in [4.69, 9.17) is 4.74 Å². The minimum absolute atomic E-state index is 0.0289. The van der Waals surface area contributed by atoms with Crippen LogP contribution >= 0.6 is 0 Å². The summed E-state index contributed by atoms with van der Waals surface area (Å²) in [7, 11) is 0. The largest absolute Gasteiger partial charge is 0.370 e. The van der Waals surface area contributed by atoms with Crippen molar-refractivity contribution in [3.05, 3.63) is 53.9 Å². The summed E-state index contributed by atoms with van der Waals surface area (Å²) in [6, 6.07) is 6.94. The number of fused-ring (bicyclic) bond motifs is 1. The summed E-state index contributed by atoms with van der Waals surface area (Å²) in [6.07, 6.45) is 2.80. The molecule has 0 saturated carbocycles. The number of likely N-dealkylation sites (tertiary alicyclic amines) is 1. The number of piperidine rings is 1. The summed E-state index contributed by atoms with van der Waals surface area (Å²) in [6.45, 7) is 5.64. The summed E-state index contributed by atoms with van der Waals surface area (Å²) >= 11 is 0. The van der Waals surface area contributed by atoms with Gasteiger partial charge in [-0.05, 0) is 43.2 Å². The first-order valence-corrected chi connectivity index (χ1v) is 11.9. The van der Waals surface area contributed by atoms with Gasteiger partial charge in [0, 0.05) is 49.2 Å².